The third-order valence-corrected chi connectivity index (χ3v) is 1.72. The van der Waals surface area contributed by atoms with Crippen LogP contribution >= 0.6 is 39.9 Å². The van der Waals surface area contributed by atoms with Gasteiger partial charge in [0.2, 0.25) is 0 Å². The fraction of sp³-hybridized carbons (Fsp3) is 0.500. The van der Waals surface area contributed by atoms with Crippen LogP contribution in [0, 0.1) is 0 Å². The molecule has 0 aromatic rings. The molecule has 11 heavy (non-hydrogen) atoms. The van der Waals surface area contributed by atoms with Gasteiger partial charge in [-0.2, -0.15) is 0 Å². The minimum Gasteiger partial charge on any atom is -0.346 e. The highest BCUT2D eigenvalue weighted by Crippen LogP contribution is 2.10. The van der Waals surface area contributed by atoms with Crippen molar-refractivity contribution in [3.8, 4) is 0 Å². The van der Waals surface area contributed by atoms with E-state index < -0.39 is 0 Å². The van der Waals surface area contributed by atoms with Crippen molar-refractivity contribution in [2.75, 3.05) is 14.1 Å². The van der Waals surface area contributed by atoms with E-state index in [-0.39, 0.29) is 30.3 Å². The van der Waals surface area contributed by atoms with E-state index in [1.807, 2.05) is 25.2 Å². The molecule has 1 aliphatic heterocycles. The number of rotatable bonds is 1. The molecule has 1 atom stereocenters. The third kappa shape index (κ3) is 3.08. The molecule has 1 unspecified atom stereocenters. The molecule has 0 saturated carbocycles. The van der Waals surface area contributed by atoms with Crippen LogP contribution in [0.2, 0.25) is 0 Å². The Morgan fingerprint density at radius 3 is 2.82 bits per heavy atom. The van der Waals surface area contributed by atoms with E-state index in [9.17, 15) is 0 Å². The smallest absolute Gasteiger partial charge is 0.175 e. The predicted molar refractivity (Wildman–Crippen MR) is 61.5 cm³/mol. The van der Waals surface area contributed by atoms with Crippen molar-refractivity contribution in [2.45, 2.75) is 6.29 Å². The fourth-order valence-electron chi connectivity index (χ4n) is 0.824. The molecule has 5 heteroatoms. The molecule has 0 saturated heterocycles. The van der Waals surface area contributed by atoms with Crippen molar-refractivity contribution >= 4 is 46.1 Å². The minimum atomic E-state index is 0. The lowest BCUT2D eigenvalue weighted by molar-refractivity contribution is 0.299. The molecule has 0 aliphatic carbocycles. The van der Waals surface area contributed by atoms with Gasteiger partial charge in [0.05, 0.1) is 4.48 Å². The summed E-state index contributed by atoms with van der Waals surface area (Å²) in [5, 5.41) is 3.04. The van der Waals surface area contributed by atoms with E-state index in [1.54, 1.807) is 6.21 Å². The Bertz CT molecular complexity index is 181. The first-order valence-corrected chi connectivity index (χ1v) is 3.83. The molecule has 1 N–H and O–H groups in total. The lowest BCUT2D eigenvalue weighted by Crippen LogP contribution is -2.38. The molecule has 3 nitrogen and oxygen atoms in total. The molecular weight excluding hydrogens is 321 g/mol. The summed E-state index contributed by atoms with van der Waals surface area (Å²) in [4.78, 5) is 6.17. The molecule has 0 spiro atoms. The minimum absolute atomic E-state index is 0. The van der Waals surface area contributed by atoms with Crippen molar-refractivity contribution in [1.82, 2.24) is 10.2 Å². The summed E-state index contributed by atoms with van der Waals surface area (Å²) in [7, 11) is 3.85. The van der Waals surface area contributed by atoms with Gasteiger partial charge in [0.15, 0.2) is 6.29 Å². The summed E-state index contributed by atoms with van der Waals surface area (Å²) >= 11 is 3.33. The maximum absolute atomic E-state index is 4.18. The lowest BCUT2D eigenvalue weighted by atomic mass is 10.5. The number of hydrogen-bond donors (Lipinski definition) is 1. The number of nitrogens with zero attached hydrogens (tertiary/aromatic N) is 2. The lowest BCUT2D eigenvalue weighted by Gasteiger charge is -2.25. The van der Waals surface area contributed by atoms with Crippen LogP contribution in [0.5, 0.6) is 0 Å². The Kier molecular flexibility index (Phi) is 5.28. The standard InChI is InChI=1S/C6H10BrN3.HI/c1-8-6-9-3-5(7)4-10(6)2;/h3-4,6,8H,1-2H3;1H. The van der Waals surface area contributed by atoms with Crippen molar-refractivity contribution in [3.05, 3.63) is 10.7 Å². The zero-order valence-electron chi connectivity index (χ0n) is 6.41. The van der Waals surface area contributed by atoms with Crippen LogP contribution in [0.3, 0.4) is 0 Å². The predicted octanol–water partition coefficient (Wildman–Crippen LogP) is 1.36. The molecule has 0 fully saturated rings. The second-order valence-corrected chi connectivity index (χ2v) is 3.04. The molecule has 1 heterocycles. The summed E-state index contributed by atoms with van der Waals surface area (Å²) < 4.78 is 1.00. The number of hydrogen-bond acceptors (Lipinski definition) is 3. The topological polar surface area (TPSA) is 27.6 Å². The van der Waals surface area contributed by atoms with Crippen LogP contribution in [-0.4, -0.2) is 31.5 Å². The molecule has 0 aromatic heterocycles. The number of allylic oxidation sites excluding steroid dienone is 1. The van der Waals surface area contributed by atoms with Gasteiger partial charge in [-0.1, -0.05) is 0 Å². The number of nitrogens with one attached hydrogen (secondary N) is 1. The van der Waals surface area contributed by atoms with Gasteiger partial charge in [0, 0.05) is 19.5 Å². The Balaban J connectivity index is 0.000001000. The molecule has 64 valence electrons. The van der Waals surface area contributed by atoms with Crippen LogP contribution in [0.25, 0.3) is 0 Å². The zero-order valence-corrected chi connectivity index (χ0v) is 10.3. The van der Waals surface area contributed by atoms with Crippen molar-refractivity contribution in [1.29, 1.82) is 0 Å². The van der Waals surface area contributed by atoms with E-state index in [2.05, 4.69) is 26.2 Å². The van der Waals surface area contributed by atoms with Crippen LogP contribution in [0.4, 0.5) is 0 Å². The molecule has 1 rings (SSSR count). The van der Waals surface area contributed by atoms with E-state index in [0.29, 0.717) is 0 Å². The second-order valence-electron chi connectivity index (χ2n) is 2.12. The van der Waals surface area contributed by atoms with Crippen molar-refractivity contribution in [3.63, 3.8) is 0 Å². The zero-order chi connectivity index (χ0) is 7.56. The van der Waals surface area contributed by atoms with Crippen molar-refractivity contribution in [2.24, 2.45) is 4.99 Å². The normalized spacial score (nSPS) is 22.6. The number of aliphatic imine (C=N–C) groups is 1. The quantitative estimate of drug-likeness (QED) is 0.735. The van der Waals surface area contributed by atoms with Gasteiger partial charge in [-0.3, -0.25) is 10.3 Å². The third-order valence-electron chi connectivity index (χ3n) is 1.31. The van der Waals surface area contributed by atoms with Gasteiger partial charge in [-0.25, -0.2) is 0 Å². The summed E-state index contributed by atoms with van der Waals surface area (Å²) in [5.41, 5.74) is 0. The Morgan fingerprint density at radius 2 is 2.36 bits per heavy atom. The summed E-state index contributed by atoms with van der Waals surface area (Å²) in [5.74, 6) is 0. The number of halogens is 2. The maximum Gasteiger partial charge on any atom is 0.175 e. The monoisotopic (exact) mass is 331 g/mol. The Labute approximate surface area is 92.1 Å². The van der Waals surface area contributed by atoms with Gasteiger partial charge in [0.25, 0.3) is 0 Å². The van der Waals surface area contributed by atoms with Crippen LogP contribution in [-0.2, 0) is 0 Å². The van der Waals surface area contributed by atoms with Gasteiger partial charge >= 0.3 is 0 Å². The molecular formula is C6H11BrIN3. The van der Waals surface area contributed by atoms with Crippen LogP contribution in [0.15, 0.2) is 15.7 Å². The average Bonchev–Trinajstić information content (AvgIpc) is 1.88. The Hall–Kier alpha value is 0.380. The van der Waals surface area contributed by atoms with E-state index >= 15 is 0 Å². The molecule has 0 bridgehead atoms. The van der Waals surface area contributed by atoms with E-state index in [0.717, 1.165) is 4.48 Å². The first kappa shape index (κ1) is 11.4. The highest BCUT2D eigenvalue weighted by molar-refractivity contribution is 14.0. The summed E-state index contributed by atoms with van der Waals surface area (Å²) in [6.07, 6.45) is 3.86. The molecule has 0 aromatic carbocycles. The molecule has 0 amide bonds. The molecule has 1 aliphatic rings. The van der Waals surface area contributed by atoms with Crippen LogP contribution < -0.4 is 5.32 Å². The van der Waals surface area contributed by atoms with Gasteiger partial charge in [0.1, 0.15) is 0 Å². The first-order chi connectivity index (χ1) is 4.74. The Morgan fingerprint density at radius 1 is 1.73 bits per heavy atom. The highest BCUT2D eigenvalue weighted by atomic mass is 127. The summed E-state index contributed by atoms with van der Waals surface area (Å²) in [6, 6.07) is 0. The maximum atomic E-state index is 4.18. The molecule has 0 radical (unpaired) electrons. The average molecular weight is 332 g/mol. The summed E-state index contributed by atoms with van der Waals surface area (Å²) in [6.45, 7) is 0. The van der Waals surface area contributed by atoms with Gasteiger partial charge in [-0.15, -0.1) is 24.0 Å². The van der Waals surface area contributed by atoms with E-state index in [1.165, 1.54) is 0 Å². The fourth-order valence-corrected chi connectivity index (χ4v) is 1.26. The first-order valence-electron chi connectivity index (χ1n) is 3.04. The van der Waals surface area contributed by atoms with Gasteiger partial charge < -0.3 is 4.90 Å². The second kappa shape index (κ2) is 5.10. The van der Waals surface area contributed by atoms with Crippen LogP contribution in [0.1, 0.15) is 0 Å². The van der Waals surface area contributed by atoms with Gasteiger partial charge in [-0.05, 0) is 23.0 Å². The SMILES string of the molecule is CNC1N=CC(Br)=CN1C.I. The largest absolute Gasteiger partial charge is 0.346 e. The highest BCUT2D eigenvalue weighted by Gasteiger charge is 2.09. The van der Waals surface area contributed by atoms with Crippen molar-refractivity contribution < 1.29 is 0 Å². The van der Waals surface area contributed by atoms with E-state index in [4.69, 9.17) is 0 Å².